The lowest BCUT2D eigenvalue weighted by Crippen LogP contribution is -2.36. The van der Waals surface area contributed by atoms with Crippen LogP contribution in [0.25, 0.3) is 0 Å². The normalized spacial score (nSPS) is 11.6. The van der Waals surface area contributed by atoms with Crippen LogP contribution in [-0.4, -0.2) is 24.8 Å². The highest BCUT2D eigenvalue weighted by molar-refractivity contribution is 5.78. The molecule has 4 heteroatoms. The summed E-state index contributed by atoms with van der Waals surface area (Å²) in [6.45, 7) is 5.71. The predicted molar refractivity (Wildman–Crippen MR) is 99.2 cm³/mol. The zero-order valence-corrected chi connectivity index (χ0v) is 15.0. The Hall–Kier alpha value is -2.62. The van der Waals surface area contributed by atoms with Crippen molar-refractivity contribution in [1.29, 1.82) is 0 Å². The zero-order chi connectivity index (χ0) is 18.2. The summed E-state index contributed by atoms with van der Waals surface area (Å²) in [4.78, 5) is 23.0. The maximum Gasteiger partial charge on any atom is 0.258 e. The average Bonchev–Trinajstić information content (AvgIpc) is 2.60. The molecule has 132 valence electrons. The lowest BCUT2D eigenvalue weighted by Gasteiger charge is -2.16. The number of carbonyl (C=O) groups excluding carboxylic acids is 2. The van der Waals surface area contributed by atoms with Gasteiger partial charge in [0.15, 0.2) is 6.61 Å². The van der Waals surface area contributed by atoms with Crippen molar-refractivity contribution in [2.75, 3.05) is 6.61 Å². The van der Waals surface area contributed by atoms with Crippen molar-refractivity contribution in [3.63, 3.8) is 0 Å². The number of aldehydes is 1. The van der Waals surface area contributed by atoms with E-state index in [4.69, 9.17) is 4.74 Å². The van der Waals surface area contributed by atoms with E-state index >= 15 is 0 Å². The molecule has 0 spiro atoms. The van der Waals surface area contributed by atoms with E-state index in [1.807, 2.05) is 39.0 Å². The Morgan fingerprint density at radius 3 is 2.40 bits per heavy atom. The number of hydrogen-bond donors (Lipinski definition) is 1. The summed E-state index contributed by atoms with van der Waals surface area (Å²) in [5.41, 5.74) is 3.58. The summed E-state index contributed by atoms with van der Waals surface area (Å²) in [5, 5.41) is 2.96. The van der Waals surface area contributed by atoms with Crippen LogP contribution in [-0.2, 0) is 11.2 Å². The van der Waals surface area contributed by atoms with E-state index in [9.17, 15) is 9.59 Å². The molecule has 0 aliphatic rings. The first-order valence-corrected chi connectivity index (χ1v) is 8.52. The van der Waals surface area contributed by atoms with Crippen LogP contribution in [0.4, 0.5) is 0 Å². The monoisotopic (exact) mass is 339 g/mol. The van der Waals surface area contributed by atoms with Gasteiger partial charge in [-0.25, -0.2) is 0 Å². The summed E-state index contributed by atoms with van der Waals surface area (Å²) >= 11 is 0. The number of carbonyl (C=O) groups is 2. The third-order valence-corrected chi connectivity index (χ3v) is 4.08. The number of aryl methyl sites for hydroxylation is 3. The first-order chi connectivity index (χ1) is 12.0. The highest BCUT2D eigenvalue weighted by Crippen LogP contribution is 2.24. The first-order valence-electron chi connectivity index (χ1n) is 8.52. The summed E-state index contributed by atoms with van der Waals surface area (Å²) in [6, 6.07) is 13.8. The molecule has 0 heterocycles. The number of ether oxygens (including phenoxy) is 1. The Morgan fingerprint density at radius 1 is 1.16 bits per heavy atom. The summed E-state index contributed by atoms with van der Waals surface area (Å²) in [7, 11) is 0. The highest BCUT2D eigenvalue weighted by Gasteiger charge is 2.11. The Labute approximate surface area is 149 Å². The van der Waals surface area contributed by atoms with E-state index in [2.05, 4.69) is 17.4 Å². The van der Waals surface area contributed by atoms with Crippen LogP contribution < -0.4 is 10.1 Å². The van der Waals surface area contributed by atoms with Gasteiger partial charge in [-0.3, -0.25) is 9.59 Å². The van der Waals surface area contributed by atoms with E-state index in [0.717, 1.165) is 30.3 Å². The lowest BCUT2D eigenvalue weighted by atomic mass is 10.1. The van der Waals surface area contributed by atoms with Crippen LogP contribution in [0.2, 0.25) is 0 Å². The van der Waals surface area contributed by atoms with E-state index in [-0.39, 0.29) is 18.6 Å². The van der Waals surface area contributed by atoms with Gasteiger partial charge in [-0.15, -0.1) is 0 Å². The Balaban J connectivity index is 1.81. The fourth-order valence-electron chi connectivity index (χ4n) is 2.83. The van der Waals surface area contributed by atoms with Crippen molar-refractivity contribution in [3.8, 4) is 5.75 Å². The van der Waals surface area contributed by atoms with Gasteiger partial charge in [-0.05, 0) is 62.4 Å². The topological polar surface area (TPSA) is 55.4 Å². The molecule has 0 aliphatic heterocycles. The van der Waals surface area contributed by atoms with Crippen LogP contribution >= 0.6 is 0 Å². The second-order valence-electron chi connectivity index (χ2n) is 6.38. The fourth-order valence-corrected chi connectivity index (χ4v) is 2.83. The number of amides is 1. The molecule has 2 aromatic rings. The minimum absolute atomic E-state index is 0.0300. The molecule has 0 unspecified atom stereocenters. The SMILES string of the molecule is Cc1cc(C=O)cc(C)c1OCC(=O)N[C@H](C)CCc1ccccc1. The lowest BCUT2D eigenvalue weighted by molar-refractivity contribution is -0.123. The molecule has 0 aromatic heterocycles. The summed E-state index contributed by atoms with van der Waals surface area (Å²) in [5.74, 6) is 0.525. The number of hydrogen-bond acceptors (Lipinski definition) is 3. The van der Waals surface area contributed by atoms with Crippen LogP contribution in [0, 0.1) is 13.8 Å². The van der Waals surface area contributed by atoms with Crippen molar-refractivity contribution in [3.05, 3.63) is 64.7 Å². The molecule has 4 nitrogen and oxygen atoms in total. The second kappa shape index (κ2) is 9.02. The largest absolute Gasteiger partial charge is 0.483 e. The zero-order valence-electron chi connectivity index (χ0n) is 15.0. The summed E-state index contributed by atoms with van der Waals surface area (Å²) in [6.07, 6.45) is 2.61. The van der Waals surface area contributed by atoms with E-state index < -0.39 is 0 Å². The fraction of sp³-hybridized carbons (Fsp3) is 0.333. The standard InChI is InChI=1S/C21H25NO3/c1-15-11-19(13-23)12-16(2)21(15)25-14-20(24)22-17(3)9-10-18-7-5-4-6-8-18/h4-8,11-13,17H,9-10,14H2,1-3H3,(H,22,24)/t17-/m1/s1. The molecule has 0 radical (unpaired) electrons. The van der Waals surface area contributed by atoms with Gasteiger partial charge in [0.05, 0.1) is 0 Å². The van der Waals surface area contributed by atoms with Crippen LogP contribution in [0.1, 0.15) is 40.4 Å². The molecule has 2 aromatic carbocycles. The minimum atomic E-state index is -0.140. The molecular formula is C21H25NO3. The third kappa shape index (κ3) is 5.75. The van der Waals surface area contributed by atoms with E-state index in [1.165, 1.54) is 5.56 Å². The molecule has 0 saturated carbocycles. The van der Waals surface area contributed by atoms with Gasteiger partial charge >= 0.3 is 0 Å². The highest BCUT2D eigenvalue weighted by atomic mass is 16.5. The van der Waals surface area contributed by atoms with E-state index in [0.29, 0.717) is 11.3 Å². The molecule has 0 fully saturated rings. The van der Waals surface area contributed by atoms with Crippen molar-refractivity contribution in [2.45, 2.75) is 39.7 Å². The molecule has 0 saturated heterocycles. The molecule has 0 bridgehead atoms. The molecule has 1 atom stereocenters. The molecule has 25 heavy (non-hydrogen) atoms. The Morgan fingerprint density at radius 2 is 1.80 bits per heavy atom. The average molecular weight is 339 g/mol. The van der Waals surface area contributed by atoms with Crippen molar-refractivity contribution < 1.29 is 14.3 Å². The van der Waals surface area contributed by atoms with Gasteiger partial charge in [0, 0.05) is 11.6 Å². The first kappa shape index (κ1) is 18.7. The molecule has 1 N–H and O–H groups in total. The maximum absolute atomic E-state index is 12.1. The van der Waals surface area contributed by atoms with Crippen LogP contribution in [0.3, 0.4) is 0 Å². The molecule has 0 aliphatic carbocycles. The number of rotatable bonds is 8. The van der Waals surface area contributed by atoms with Gasteiger partial charge in [0.25, 0.3) is 5.91 Å². The van der Waals surface area contributed by atoms with Gasteiger partial charge in [0.1, 0.15) is 12.0 Å². The Kier molecular flexibility index (Phi) is 6.75. The van der Waals surface area contributed by atoms with Crippen molar-refractivity contribution >= 4 is 12.2 Å². The summed E-state index contributed by atoms with van der Waals surface area (Å²) < 4.78 is 5.66. The molecule has 1 amide bonds. The van der Waals surface area contributed by atoms with Gasteiger partial charge in [-0.2, -0.15) is 0 Å². The minimum Gasteiger partial charge on any atom is -0.483 e. The van der Waals surface area contributed by atoms with Gasteiger partial charge in [-0.1, -0.05) is 30.3 Å². The van der Waals surface area contributed by atoms with Crippen LogP contribution in [0.15, 0.2) is 42.5 Å². The maximum atomic E-state index is 12.1. The number of nitrogens with one attached hydrogen (secondary N) is 1. The van der Waals surface area contributed by atoms with E-state index in [1.54, 1.807) is 12.1 Å². The Bertz CT molecular complexity index is 702. The molecule has 2 rings (SSSR count). The second-order valence-corrected chi connectivity index (χ2v) is 6.38. The van der Waals surface area contributed by atoms with Crippen molar-refractivity contribution in [2.24, 2.45) is 0 Å². The van der Waals surface area contributed by atoms with Gasteiger partial charge in [0.2, 0.25) is 0 Å². The molecular weight excluding hydrogens is 314 g/mol. The number of benzene rings is 2. The van der Waals surface area contributed by atoms with Crippen molar-refractivity contribution in [1.82, 2.24) is 5.32 Å². The smallest absolute Gasteiger partial charge is 0.258 e. The quantitative estimate of drug-likeness (QED) is 0.747. The van der Waals surface area contributed by atoms with Crippen LogP contribution in [0.5, 0.6) is 5.75 Å². The third-order valence-electron chi connectivity index (χ3n) is 4.08. The predicted octanol–water partition coefficient (Wildman–Crippen LogP) is 3.63. The van der Waals surface area contributed by atoms with Gasteiger partial charge < -0.3 is 10.1 Å².